The number of para-hydroxylation sites is 1. The molecule has 0 amide bonds. The molecule has 0 saturated carbocycles. The largest absolute Gasteiger partial charge is 0.497 e. The van der Waals surface area contributed by atoms with Crippen molar-refractivity contribution in [1.82, 2.24) is 9.88 Å². The minimum absolute atomic E-state index is 0.00291. The number of carbonyl (C=O) groups excluding carboxylic acids is 1. The van der Waals surface area contributed by atoms with Crippen LogP contribution in [0.5, 0.6) is 5.75 Å². The summed E-state index contributed by atoms with van der Waals surface area (Å²) >= 11 is 0. The van der Waals surface area contributed by atoms with Crippen molar-refractivity contribution in [2.75, 3.05) is 14.2 Å². The molecule has 1 aromatic heterocycles. The average molecular weight is 464 g/mol. The molecule has 1 heterocycles. The van der Waals surface area contributed by atoms with E-state index in [-0.39, 0.29) is 29.8 Å². The van der Waals surface area contributed by atoms with Crippen molar-refractivity contribution in [3.05, 3.63) is 105 Å². The summed E-state index contributed by atoms with van der Waals surface area (Å²) in [5, 5.41) is 3.45. The van der Waals surface area contributed by atoms with E-state index in [0.717, 1.165) is 12.1 Å². The molecule has 3 aromatic carbocycles. The number of rotatable bonds is 7. The second-order valence-electron chi connectivity index (χ2n) is 7.55. The quantitative estimate of drug-likeness (QED) is 0.412. The minimum atomic E-state index is -0.958. The number of fused-ring (bicyclic) bond motifs is 1. The Hall–Kier alpha value is -4.04. The fraction of sp³-hybridized carbons (Fsp3) is 0.154. The number of halogens is 2. The van der Waals surface area contributed by atoms with Crippen LogP contribution >= 0.6 is 0 Å². The van der Waals surface area contributed by atoms with E-state index in [1.165, 1.54) is 20.3 Å². The Morgan fingerprint density at radius 3 is 2.38 bits per heavy atom. The summed E-state index contributed by atoms with van der Waals surface area (Å²) in [6, 6.07) is 17.7. The summed E-state index contributed by atoms with van der Waals surface area (Å²) < 4.78 is 38.8. The van der Waals surface area contributed by atoms with Gasteiger partial charge in [0.1, 0.15) is 11.4 Å². The highest BCUT2D eigenvalue weighted by molar-refractivity contribution is 5.95. The van der Waals surface area contributed by atoms with Crippen molar-refractivity contribution in [2.24, 2.45) is 0 Å². The molecule has 34 heavy (non-hydrogen) atoms. The lowest BCUT2D eigenvalue weighted by Gasteiger charge is -2.20. The molecule has 0 fully saturated rings. The van der Waals surface area contributed by atoms with Gasteiger partial charge in [0, 0.05) is 35.8 Å². The molecule has 0 aliphatic rings. The van der Waals surface area contributed by atoms with E-state index in [1.807, 2.05) is 30.3 Å². The SMILES string of the molecule is COC(=O)c1c(CNCc2ccc(F)c(F)c2)c(=O)c2ccc(OC)cc2n1-c1ccccc1. The van der Waals surface area contributed by atoms with Crippen LogP contribution in [0.25, 0.3) is 16.6 Å². The number of nitrogens with one attached hydrogen (secondary N) is 1. The van der Waals surface area contributed by atoms with Crippen LogP contribution in [0, 0.1) is 11.6 Å². The average Bonchev–Trinajstić information content (AvgIpc) is 2.86. The molecule has 1 N–H and O–H groups in total. The Labute approximate surface area is 194 Å². The topological polar surface area (TPSA) is 69.6 Å². The maximum absolute atomic E-state index is 13.6. The van der Waals surface area contributed by atoms with Crippen molar-refractivity contribution in [2.45, 2.75) is 13.1 Å². The molecule has 4 aromatic rings. The van der Waals surface area contributed by atoms with Crippen LogP contribution in [-0.4, -0.2) is 24.8 Å². The van der Waals surface area contributed by atoms with Gasteiger partial charge >= 0.3 is 5.97 Å². The van der Waals surface area contributed by atoms with E-state index < -0.39 is 17.6 Å². The number of nitrogens with zero attached hydrogens (tertiary/aromatic N) is 1. The standard InChI is InChI=1S/C26H22F2N2O4/c1-33-18-9-10-19-23(13-18)30(17-6-4-3-5-7-17)24(26(32)34-2)20(25(19)31)15-29-14-16-8-11-21(27)22(28)12-16/h3-13,29H,14-15H2,1-2H3. The molecule has 174 valence electrons. The molecule has 0 bridgehead atoms. The van der Waals surface area contributed by atoms with Crippen molar-refractivity contribution >= 4 is 16.9 Å². The first kappa shape index (κ1) is 23.1. The molecule has 0 radical (unpaired) electrons. The van der Waals surface area contributed by atoms with Gasteiger partial charge < -0.3 is 19.4 Å². The Kier molecular flexibility index (Phi) is 6.70. The minimum Gasteiger partial charge on any atom is -0.497 e. The number of hydrogen-bond donors (Lipinski definition) is 1. The summed E-state index contributed by atoms with van der Waals surface area (Å²) in [4.78, 5) is 26.4. The third kappa shape index (κ3) is 4.40. The maximum Gasteiger partial charge on any atom is 0.355 e. The highest BCUT2D eigenvalue weighted by Crippen LogP contribution is 2.26. The molecular formula is C26H22F2N2O4. The number of aromatic nitrogens is 1. The molecule has 0 atom stereocenters. The van der Waals surface area contributed by atoms with Gasteiger partial charge in [-0.2, -0.15) is 0 Å². The van der Waals surface area contributed by atoms with E-state index in [4.69, 9.17) is 9.47 Å². The molecular weight excluding hydrogens is 442 g/mol. The number of ether oxygens (including phenoxy) is 2. The lowest BCUT2D eigenvalue weighted by Crippen LogP contribution is -2.28. The second-order valence-corrected chi connectivity index (χ2v) is 7.55. The Morgan fingerprint density at radius 2 is 1.71 bits per heavy atom. The smallest absolute Gasteiger partial charge is 0.355 e. The lowest BCUT2D eigenvalue weighted by molar-refractivity contribution is 0.0589. The van der Waals surface area contributed by atoms with Gasteiger partial charge in [-0.25, -0.2) is 13.6 Å². The van der Waals surface area contributed by atoms with Crippen LogP contribution in [0.3, 0.4) is 0 Å². The second kappa shape index (κ2) is 9.84. The van der Waals surface area contributed by atoms with Crippen LogP contribution < -0.4 is 15.5 Å². The summed E-state index contributed by atoms with van der Waals surface area (Å²) in [6.45, 7) is 0.153. The Bertz CT molecular complexity index is 1420. The number of carbonyl (C=O) groups is 1. The maximum atomic E-state index is 13.6. The predicted octanol–water partition coefficient (Wildman–Crippen LogP) is 4.35. The molecule has 4 rings (SSSR count). The zero-order chi connectivity index (χ0) is 24.2. The Balaban J connectivity index is 1.88. The third-order valence-electron chi connectivity index (χ3n) is 5.48. The molecule has 0 aliphatic heterocycles. The van der Waals surface area contributed by atoms with Gasteiger partial charge in [0.25, 0.3) is 0 Å². The number of esters is 1. The van der Waals surface area contributed by atoms with Crippen LogP contribution in [0.2, 0.25) is 0 Å². The van der Waals surface area contributed by atoms with E-state index in [2.05, 4.69) is 5.32 Å². The molecule has 0 saturated heterocycles. The highest BCUT2D eigenvalue weighted by Gasteiger charge is 2.24. The molecule has 0 spiro atoms. The first-order valence-corrected chi connectivity index (χ1v) is 10.5. The van der Waals surface area contributed by atoms with Crippen molar-refractivity contribution < 1.29 is 23.0 Å². The highest BCUT2D eigenvalue weighted by atomic mass is 19.2. The first-order valence-electron chi connectivity index (χ1n) is 10.5. The van der Waals surface area contributed by atoms with Gasteiger partial charge in [0.05, 0.1) is 19.7 Å². The van der Waals surface area contributed by atoms with E-state index in [1.54, 1.807) is 22.8 Å². The zero-order valence-electron chi connectivity index (χ0n) is 18.6. The van der Waals surface area contributed by atoms with Gasteiger partial charge in [0.15, 0.2) is 17.1 Å². The van der Waals surface area contributed by atoms with Crippen LogP contribution in [0.4, 0.5) is 8.78 Å². The zero-order valence-corrected chi connectivity index (χ0v) is 18.6. The van der Waals surface area contributed by atoms with E-state index in [0.29, 0.717) is 27.9 Å². The summed E-state index contributed by atoms with van der Waals surface area (Å²) in [5.41, 5.74) is 1.55. The fourth-order valence-corrected chi connectivity index (χ4v) is 3.84. The Morgan fingerprint density at radius 1 is 0.941 bits per heavy atom. The van der Waals surface area contributed by atoms with Crippen molar-refractivity contribution in [1.29, 1.82) is 0 Å². The number of pyridine rings is 1. The van der Waals surface area contributed by atoms with Crippen LogP contribution in [-0.2, 0) is 17.8 Å². The van der Waals surface area contributed by atoms with Crippen LogP contribution in [0.15, 0.2) is 71.5 Å². The fourth-order valence-electron chi connectivity index (χ4n) is 3.84. The van der Waals surface area contributed by atoms with Gasteiger partial charge in [-0.15, -0.1) is 0 Å². The van der Waals surface area contributed by atoms with Gasteiger partial charge in [-0.3, -0.25) is 4.79 Å². The summed E-state index contributed by atoms with van der Waals surface area (Å²) in [7, 11) is 2.76. The van der Waals surface area contributed by atoms with Crippen LogP contribution in [0.1, 0.15) is 21.6 Å². The van der Waals surface area contributed by atoms with E-state index >= 15 is 0 Å². The number of methoxy groups -OCH3 is 2. The normalized spacial score (nSPS) is 10.9. The molecule has 0 aliphatic carbocycles. The number of benzene rings is 3. The monoisotopic (exact) mass is 464 g/mol. The molecule has 8 heteroatoms. The first-order chi connectivity index (χ1) is 16.4. The van der Waals surface area contributed by atoms with Crippen molar-refractivity contribution in [3.8, 4) is 11.4 Å². The van der Waals surface area contributed by atoms with Gasteiger partial charge in [-0.05, 0) is 42.0 Å². The van der Waals surface area contributed by atoms with Gasteiger partial charge in [-0.1, -0.05) is 24.3 Å². The van der Waals surface area contributed by atoms with E-state index in [9.17, 15) is 18.4 Å². The summed E-state index contributed by atoms with van der Waals surface area (Å²) in [6.07, 6.45) is 0. The van der Waals surface area contributed by atoms with Crippen molar-refractivity contribution in [3.63, 3.8) is 0 Å². The van der Waals surface area contributed by atoms with Gasteiger partial charge in [0.2, 0.25) is 0 Å². The lowest BCUT2D eigenvalue weighted by atomic mass is 10.1. The molecule has 0 unspecified atom stereocenters. The number of hydrogen-bond acceptors (Lipinski definition) is 5. The third-order valence-corrected chi connectivity index (χ3v) is 5.48. The summed E-state index contributed by atoms with van der Waals surface area (Å²) in [5.74, 6) is -2.06. The molecule has 6 nitrogen and oxygen atoms in total. The predicted molar refractivity (Wildman–Crippen MR) is 124 cm³/mol.